The standard InChI is InChI=1S/C24H26N4O2/c1-2-25-23(30)24(13-15-28(17-24)22(29)21-12-14-26-27-21)16-19-10-6-7-11-20(19)18-8-4-3-5-9-18/h3-12,14H,2,13,15-17H2,1H3,(H,25,30)(H,26,27). The third-order valence-corrected chi connectivity index (χ3v) is 5.82. The Labute approximate surface area is 176 Å². The van der Waals surface area contributed by atoms with Crippen LogP contribution in [0.15, 0.2) is 66.9 Å². The summed E-state index contributed by atoms with van der Waals surface area (Å²) in [5, 5.41) is 9.62. The molecule has 1 aromatic heterocycles. The SMILES string of the molecule is CCNC(=O)C1(Cc2ccccc2-c2ccccc2)CCN(C(=O)c2ccn[nH]2)C1. The van der Waals surface area contributed by atoms with Crippen molar-refractivity contribution in [2.45, 2.75) is 19.8 Å². The van der Waals surface area contributed by atoms with Crippen LogP contribution in [0.2, 0.25) is 0 Å². The molecule has 0 bridgehead atoms. The van der Waals surface area contributed by atoms with Crippen molar-refractivity contribution in [1.82, 2.24) is 20.4 Å². The van der Waals surface area contributed by atoms with Gasteiger partial charge in [-0.25, -0.2) is 0 Å². The molecular weight excluding hydrogens is 376 g/mol. The minimum Gasteiger partial charge on any atom is -0.356 e. The van der Waals surface area contributed by atoms with Crippen LogP contribution >= 0.6 is 0 Å². The van der Waals surface area contributed by atoms with Gasteiger partial charge in [-0.3, -0.25) is 14.7 Å². The third kappa shape index (κ3) is 3.85. The Morgan fingerprint density at radius 2 is 1.87 bits per heavy atom. The topological polar surface area (TPSA) is 78.1 Å². The molecule has 0 spiro atoms. The van der Waals surface area contributed by atoms with E-state index in [0.717, 1.165) is 16.7 Å². The van der Waals surface area contributed by atoms with Gasteiger partial charge < -0.3 is 10.2 Å². The maximum Gasteiger partial charge on any atom is 0.271 e. The second-order valence-electron chi connectivity index (χ2n) is 7.79. The molecule has 3 aromatic rings. The van der Waals surface area contributed by atoms with E-state index in [-0.39, 0.29) is 11.8 Å². The number of carbonyl (C=O) groups is 2. The molecule has 0 saturated carbocycles. The lowest BCUT2D eigenvalue weighted by atomic mass is 9.78. The van der Waals surface area contributed by atoms with Crippen LogP contribution in [0.25, 0.3) is 11.1 Å². The summed E-state index contributed by atoms with van der Waals surface area (Å²) >= 11 is 0. The van der Waals surface area contributed by atoms with E-state index in [9.17, 15) is 9.59 Å². The van der Waals surface area contributed by atoms with E-state index >= 15 is 0 Å². The molecule has 2 amide bonds. The summed E-state index contributed by atoms with van der Waals surface area (Å²) in [5.41, 5.74) is 3.16. The molecule has 6 nitrogen and oxygen atoms in total. The highest BCUT2D eigenvalue weighted by Gasteiger charge is 2.46. The van der Waals surface area contributed by atoms with Crippen molar-refractivity contribution in [3.8, 4) is 11.1 Å². The Kier molecular flexibility index (Phi) is 5.65. The fraction of sp³-hybridized carbons (Fsp3) is 0.292. The maximum absolute atomic E-state index is 13.2. The number of amides is 2. The first-order valence-electron chi connectivity index (χ1n) is 10.3. The van der Waals surface area contributed by atoms with Gasteiger partial charge in [0.25, 0.3) is 5.91 Å². The van der Waals surface area contributed by atoms with Gasteiger partial charge in [0.05, 0.1) is 5.41 Å². The van der Waals surface area contributed by atoms with Gasteiger partial charge >= 0.3 is 0 Å². The van der Waals surface area contributed by atoms with Crippen LogP contribution in [-0.4, -0.2) is 46.5 Å². The Hall–Kier alpha value is -3.41. The van der Waals surface area contributed by atoms with Crippen LogP contribution < -0.4 is 5.32 Å². The molecule has 2 N–H and O–H groups in total. The van der Waals surface area contributed by atoms with Crippen molar-refractivity contribution in [2.24, 2.45) is 5.41 Å². The van der Waals surface area contributed by atoms with E-state index < -0.39 is 5.41 Å². The van der Waals surface area contributed by atoms with E-state index in [1.165, 1.54) is 0 Å². The maximum atomic E-state index is 13.2. The molecular formula is C24H26N4O2. The second-order valence-corrected chi connectivity index (χ2v) is 7.79. The van der Waals surface area contributed by atoms with Crippen LogP contribution in [0.1, 0.15) is 29.4 Å². The summed E-state index contributed by atoms with van der Waals surface area (Å²) in [5.74, 6) is -0.109. The lowest BCUT2D eigenvalue weighted by Gasteiger charge is -2.29. The summed E-state index contributed by atoms with van der Waals surface area (Å²) < 4.78 is 0. The van der Waals surface area contributed by atoms with Crippen molar-refractivity contribution in [3.05, 3.63) is 78.1 Å². The highest BCUT2D eigenvalue weighted by molar-refractivity contribution is 5.93. The summed E-state index contributed by atoms with van der Waals surface area (Å²) in [6, 6.07) is 20.1. The molecule has 1 fully saturated rings. The predicted molar refractivity (Wildman–Crippen MR) is 116 cm³/mol. The number of hydrogen-bond donors (Lipinski definition) is 2. The van der Waals surface area contributed by atoms with Crippen molar-refractivity contribution in [1.29, 1.82) is 0 Å². The van der Waals surface area contributed by atoms with Gasteiger partial charge in [0.15, 0.2) is 0 Å². The van der Waals surface area contributed by atoms with Gasteiger partial charge in [0.1, 0.15) is 5.69 Å². The van der Waals surface area contributed by atoms with Crippen molar-refractivity contribution >= 4 is 11.8 Å². The highest BCUT2D eigenvalue weighted by Crippen LogP contribution is 2.38. The Morgan fingerprint density at radius 1 is 1.10 bits per heavy atom. The zero-order valence-electron chi connectivity index (χ0n) is 17.1. The van der Waals surface area contributed by atoms with Crippen molar-refractivity contribution in [3.63, 3.8) is 0 Å². The second kappa shape index (κ2) is 8.53. The molecule has 4 rings (SSSR count). The first-order chi connectivity index (χ1) is 14.6. The number of H-pyrrole nitrogens is 1. The van der Waals surface area contributed by atoms with Crippen LogP contribution in [0.4, 0.5) is 0 Å². The molecule has 1 unspecified atom stereocenters. The number of carbonyl (C=O) groups excluding carboxylic acids is 2. The summed E-state index contributed by atoms with van der Waals surface area (Å²) in [6.45, 7) is 3.42. The van der Waals surface area contributed by atoms with Crippen molar-refractivity contribution < 1.29 is 9.59 Å². The van der Waals surface area contributed by atoms with Crippen molar-refractivity contribution in [2.75, 3.05) is 19.6 Å². The largest absolute Gasteiger partial charge is 0.356 e. The third-order valence-electron chi connectivity index (χ3n) is 5.82. The Morgan fingerprint density at radius 3 is 2.60 bits per heavy atom. The quantitative estimate of drug-likeness (QED) is 0.664. The fourth-order valence-corrected chi connectivity index (χ4v) is 4.29. The van der Waals surface area contributed by atoms with E-state index in [2.05, 4.69) is 39.8 Å². The van der Waals surface area contributed by atoms with Gasteiger partial charge in [-0.2, -0.15) is 5.10 Å². The number of rotatable bonds is 6. The molecule has 30 heavy (non-hydrogen) atoms. The number of aromatic nitrogens is 2. The first kappa shape index (κ1) is 19.9. The fourth-order valence-electron chi connectivity index (χ4n) is 4.29. The molecule has 0 radical (unpaired) electrons. The van der Waals surface area contributed by atoms with Crippen LogP contribution in [0, 0.1) is 5.41 Å². The molecule has 0 aliphatic carbocycles. The molecule has 1 aliphatic rings. The number of likely N-dealkylation sites (tertiary alicyclic amines) is 1. The van der Waals surface area contributed by atoms with Gasteiger partial charge in [-0.15, -0.1) is 0 Å². The number of hydrogen-bond acceptors (Lipinski definition) is 3. The molecule has 154 valence electrons. The lowest BCUT2D eigenvalue weighted by Crippen LogP contribution is -2.45. The highest BCUT2D eigenvalue weighted by atomic mass is 16.2. The predicted octanol–water partition coefficient (Wildman–Crippen LogP) is 3.29. The summed E-state index contributed by atoms with van der Waals surface area (Å²) in [7, 11) is 0. The van der Waals surface area contributed by atoms with E-state index in [1.807, 2.05) is 37.3 Å². The van der Waals surface area contributed by atoms with Crippen LogP contribution in [-0.2, 0) is 11.2 Å². The average molecular weight is 402 g/mol. The smallest absolute Gasteiger partial charge is 0.271 e. The molecule has 2 heterocycles. The van der Waals surface area contributed by atoms with E-state index in [4.69, 9.17) is 0 Å². The van der Waals surface area contributed by atoms with Gasteiger partial charge in [-0.05, 0) is 42.5 Å². The molecule has 1 aliphatic heterocycles. The van der Waals surface area contributed by atoms with Crippen LogP contribution in [0.3, 0.4) is 0 Å². The van der Waals surface area contributed by atoms with E-state index in [1.54, 1.807) is 17.2 Å². The monoisotopic (exact) mass is 402 g/mol. The number of nitrogens with one attached hydrogen (secondary N) is 2. The number of nitrogens with zero attached hydrogens (tertiary/aromatic N) is 2. The normalized spacial score (nSPS) is 18.4. The summed E-state index contributed by atoms with van der Waals surface area (Å²) in [4.78, 5) is 27.8. The van der Waals surface area contributed by atoms with Gasteiger partial charge in [-0.1, -0.05) is 54.6 Å². The zero-order valence-corrected chi connectivity index (χ0v) is 17.1. The zero-order chi connectivity index (χ0) is 21.0. The molecule has 6 heteroatoms. The van der Waals surface area contributed by atoms with Crippen LogP contribution in [0.5, 0.6) is 0 Å². The number of benzene rings is 2. The lowest BCUT2D eigenvalue weighted by molar-refractivity contribution is -0.130. The minimum atomic E-state index is -0.656. The summed E-state index contributed by atoms with van der Waals surface area (Å²) in [6.07, 6.45) is 2.77. The molecule has 2 aromatic carbocycles. The van der Waals surface area contributed by atoms with Gasteiger partial charge in [0, 0.05) is 25.8 Å². The van der Waals surface area contributed by atoms with Gasteiger partial charge in [0.2, 0.25) is 5.91 Å². The molecule has 1 atom stereocenters. The first-order valence-corrected chi connectivity index (χ1v) is 10.3. The van der Waals surface area contributed by atoms with E-state index in [0.29, 0.717) is 38.2 Å². The Bertz CT molecular complexity index is 1020. The average Bonchev–Trinajstić information content (AvgIpc) is 3.46. The molecule has 1 saturated heterocycles. The Balaban J connectivity index is 1.65. The minimum absolute atomic E-state index is 0.00720. The number of aromatic amines is 1.